The predicted molar refractivity (Wildman–Crippen MR) is 74.3 cm³/mol. The highest BCUT2D eigenvalue weighted by molar-refractivity contribution is 6.18. The lowest BCUT2D eigenvalue weighted by atomic mass is 10.1. The van der Waals surface area contributed by atoms with Gasteiger partial charge in [0.2, 0.25) is 5.91 Å². The second-order valence-corrected chi connectivity index (χ2v) is 4.41. The van der Waals surface area contributed by atoms with Crippen LogP contribution in [0.25, 0.3) is 0 Å². The molecule has 0 spiro atoms. The maximum atomic E-state index is 11.2. The number of benzene rings is 1. The minimum atomic E-state index is 0.00731. The van der Waals surface area contributed by atoms with Crippen molar-refractivity contribution >= 4 is 17.5 Å². The lowest BCUT2D eigenvalue weighted by Gasteiger charge is -2.07. The number of hydrogen-bond acceptors (Lipinski definition) is 2. The van der Waals surface area contributed by atoms with Gasteiger partial charge in [0.1, 0.15) is 5.75 Å². The maximum absolute atomic E-state index is 11.2. The molecule has 0 radical (unpaired) electrons. The number of amides is 1. The van der Waals surface area contributed by atoms with E-state index in [0.29, 0.717) is 18.8 Å². The zero-order valence-corrected chi connectivity index (χ0v) is 11.5. The molecule has 1 N–H and O–H groups in total. The molecule has 0 fully saturated rings. The van der Waals surface area contributed by atoms with E-state index in [1.54, 1.807) is 0 Å². The molecule has 1 amide bonds. The van der Waals surface area contributed by atoms with Crippen LogP contribution in [0.15, 0.2) is 24.3 Å². The van der Waals surface area contributed by atoms with E-state index in [1.807, 2.05) is 24.3 Å². The molecule has 0 saturated heterocycles. The number of carbonyl (C=O) groups excluding carboxylic acids is 1. The van der Waals surface area contributed by atoms with Gasteiger partial charge in [-0.25, -0.2) is 0 Å². The van der Waals surface area contributed by atoms with Crippen molar-refractivity contribution in [2.75, 3.05) is 19.0 Å². The Kier molecular flexibility index (Phi) is 7.26. The molecular weight excluding hydrogens is 250 g/mol. The summed E-state index contributed by atoms with van der Waals surface area (Å²) in [6.07, 6.45) is 2.21. The van der Waals surface area contributed by atoms with Crippen LogP contribution in [-0.4, -0.2) is 24.9 Å². The van der Waals surface area contributed by atoms with E-state index in [-0.39, 0.29) is 5.91 Å². The lowest BCUT2D eigenvalue weighted by molar-refractivity contribution is -0.120. The second-order valence-electron chi connectivity index (χ2n) is 4.03. The van der Waals surface area contributed by atoms with Crippen LogP contribution in [0.3, 0.4) is 0 Å². The van der Waals surface area contributed by atoms with E-state index in [9.17, 15) is 4.79 Å². The van der Waals surface area contributed by atoms with E-state index in [0.717, 1.165) is 25.2 Å². The first-order valence-electron chi connectivity index (χ1n) is 6.30. The maximum Gasteiger partial charge on any atom is 0.221 e. The zero-order valence-electron chi connectivity index (χ0n) is 10.7. The summed E-state index contributed by atoms with van der Waals surface area (Å²) >= 11 is 5.48. The molecule has 0 bridgehead atoms. The Morgan fingerprint density at radius 1 is 1.33 bits per heavy atom. The van der Waals surface area contributed by atoms with Crippen LogP contribution < -0.4 is 10.1 Å². The number of hydrogen-bond donors (Lipinski definition) is 1. The Bertz CT molecular complexity index is 351. The van der Waals surface area contributed by atoms with Gasteiger partial charge in [0.05, 0.1) is 6.61 Å². The number of halogens is 1. The van der Waals surface area contributed by atoms with Crippen LogP contribution in [0.4, 0.5) is 0 Å². The summed E-state index contributed by atoms with van der Waals surface area (Å²) in [5.41, 5.74) is 1.19. The monoisotopic (exact) mass is 269 g/mol. The third-order valence-electron chi connectivity index (χ3n) is 2.45. The van der Waals surface area contributed by atoms with Crippen LogP contribution in [0, 0.1) is 0 Å². The molecule has 0 aromatic heterocycles. The molecule has 18 heavy (non-hydrogen) atoms. The van der Waals surface area contributed by atoms with E-state index < -0.39 is 0 Å². The third-order valence-corrected chi connectivity index (χ3v) is 2.64. The summed E-state index contributed by atoms with van der Waals surface area (Å²) < 4.78 is 5.50. The Labute approximate surface area is 113 Å². The van der Waals surface area contributed by atoms with Gasteiger partial charge < -0.3 is 10.1 Å². The summed E-state index contributed by atoms with van der Waals surface area (Å²) in [5, 5.41) is 2.83. The minimum absolute atomic E-state index is 0.00731. The van der Waals surface area contributed by atoms with E-state index in [4.69, 9.17) is 16.3 Å². The summed E-state index contributed by atoms with van der Waals surface area (Å²) in [6.45, 7) is 3.47. The number of ether oxygens (including phenoxy) is 1. The highest BCUT2D eigenvalue weighted by atomic mass is 35.5. The highest BCUT2D eigenvalue weighted by Gasteiger charge is 2.00. The van der Waals surface area contributed by atoms with Gasteiger partial charge in [-0.1, -0.05) is 19.1 Å². The number of carbonyl (C=O) groups is 1. The van der Waals surface area contributed by atoms with Gasteiger partial charge in [0, 0.05) is 18.8 Å². The molecule has 0 saturated carbocycles. The fraction of sp³-hybridized carbons (Fsp3) is 0.500. The average molecular weight is 270 g/mol. The topological polar surface area (TPSA) is 38.3 Å². The van der Waals surface area contributed by atoms with Crippen molar-refractivity contribution in [2.45, 2.75) is 26.2 Å². The molecule has 1 rings (SSSR count). The molecule has 4 heteroatoms. The van der Waals surface area contributed by atoms with E-state index >= 15 is 0 Å². The fourth-order valence-corrected chi connectivity index (χ4v) is 1.66. The van der Waals surface area contributed by atoms with Crippen LogP contribution in [-0.2, 0) is 11.2 Å². The zero-order chi connectivity index (χ0) is 13.2. The molecule has 0 atom stereocenters. The molecule has 0 unspecified atom stereocenters. The van der Waals surface area contributed by atoms with Crippen molar-refractivity contribution in [3.8, 4) is 5.75 Å². The van der Waals surface area contributed by atoms with Crippen molar-refractivity contribution in [1.82, 2.24) is 5.32 Å². The fourth-order valence-electron chi connectivity index (χ4n) is 1.49. The van der Waals surface area contributed by atoms with E-state index in [2.05, 4.69) is 12.2 Å². The number of nitrogens with one attached hydrogen (secondary N) is 1. The normalized spacial score (nSPS) is 10.1. The SMILES string of the molecule is CCCOc1ccc(CCNC(=O)CCCl)cc1. The molecule has 0 heterocycles. The molecular formula is C14H20ClNO2. The van der Waals surface area contributed by atoms with Gasteiger partial charge in [-0.3, -0.25) is 4.79 Å². The second kappa shape index (κ2) is 8.81. The van der Waals surface area contributed by atoms with Gasteiger partial charge in [-0.2, -0.15) is 0 Å². The Balaban J connectivity index is 2.28. The molecule has 0 aliphatic heterocycles. The molecule has 1 aromatic carbocycles. The molecule has 0 aliphatic carbocycles. The van der Waals surface area contributed by atoms with Crippen molar-refractivity contribution < 1.29 is 9.53 Å². The van der Waals surface area contributed by atoms with Crippen molar-refractivity contribution in [1.29, 1.82) is 0 Å². The highest BCUT2D eigenvalue weighted by Crippen LogP contribution is 2.12. The van der Waals surface area contributed by atoms with Crippen molar-refractivity contribution in [3.63, 3.8) is 0 Å². The van der Waals surface area contributed by atoms with Gasteiger partial charge >= 0.3 is 0 Å². The molecule has 0 aliphatic rings. The average Bonchev–Trinajstić information content (AvgIpc) is 2.38. The minimum Gasteiger partial charge on any atom is -0.494 e. The van der Waals surface area contributed by atoms with Crippen LogP contribution in [0.2, 0.25) is 0 Å². The van der Waals surface area contributed by atoms with Gasteiger partial charge in [0.25, 0.3) is 0 Å². The summed E-state index contributed by atoms with van der Waals surface area (Å²) in [5.74, 6) is 1.27. The standard InChI is InChI=1S/C14H20ClNO2/c1-2-11-18-13-5-3-12(4-6-13)8-10-16-14(17)7-9-15/h3-6H,2,7-11H2,1H3,(H,16,17). The van der Waals surface area contributed by atoms with Crippen LogP contribution in [0.1, 0.15) is 25.3 Å². The third kappa shape index (κ3) is 5.92. The summed E-state index contributed by atoms with van der Waals surface area (Å²) in [6, 6.07) is 7.98. The smallest absolute Gasteiger partial charge is 0.221 e. The quantitative estimate of drug-likeness (QED) is 0.737. The first kappa shape index (κ1) is 14.8. The Hall–Kier alpha value is -1.22. The predicted octanol–water partition coefficient (Wildman–Crippen LogP) is 2.76. The first-order valence-corrected chi connectivity index (χ1v) is 6.84. The molecule has 1 aromatic rings. The van der Waals surface area contributed by atoms with Crippen LogP contribution in [0.5, 0.6) is 5.75 Å². The van der Waals surface area contributed by atoms with E-state index in [1.165, 1.54) is 5.56 Å². The van der Waals surface area contributed by atoms with Gasteiger partial charge in [0.15, 0.2) is 0 Å². The largest absolute Gasteiger partial charge is 0.494 e. The lowest BCUT2D eigenvalue weighted by Crippen LogP contribution is -2.25. The van der Waals surface area contributed by atoms with Crippen molar-refractivity contribution in [2.24, 2.45) is 0 Å². The summed E-state index contributed by atoms with van der Waals surface area (Å²) in [4.78, 5) is 11.2. The number of alkyl halides is 1. The van der Waals surface area contributed by atoms with Crippen molar-refractivity contribution in [3.05, 3.63) is 29.8 Å². The molecule has 100 valence electrons. The first-order chi connectivity index (χ1) is 8.76. The van der Waals surface area contributed by atoms with Gasteiger partial charge in [-0.05, 0) is 30.5 Å². The van der Waals surface area contributed by atoms with Gasteiger partial charge in [-0.15, -0.1) is 11.6 Å². The Morgan fingerprint density at radius 3 is 2.67 bits per heavy atom. The summed E-state index contributed by atoms with van der Waals surface area (Å²) in [7, 11) is 0. The Morgan fingerprint density at radius 2 is 2.06 bits per heavy atom. The molecule has 3 nitrogen and oxygen atoms in total. The number of rotatable bonds is 8. The van der Waals surface area contributed by atoms with Crippen LogP contribution >= 0.6 is 11.6 Å².